The number of amides is 1. The highest BCUT2D eigenvalue weighted by Gasteiger charge is 2.19. The fourth-order valence-electron chi connectivity index (χ4n) is 2.02. The predicted molar refractivity (Wildman–Crippen MR) is 67.3 cm³/mol. The second-order valence-corrected chi connectivity index (χ2v) is 4.46. The van der Waals surface area contributed by atoms with Crippen LogP contribution in [0.15, 0.2) is 0 Å². The molecular weight excluding hydrogens is 236 g/mol. The molecule has 0 radical (unpaired) electrons. The maximum absolute atomic E-state index is 11.7. The molecule has 6 heteroatoms. The lowest BCUT2D eigenvalue weighted by Crippen LogP contribution is -2.45. The van der Waals surface area contributed by atoms with E-state index in [1.807, 2.05) is 6.92 Å². The van der Waals surface area contributed by atoms with Gasteiger partial charge in [0.15, 0.2) is 6.29 Å². The summed E-state index contributed by atoms with van der Waals surface area (Å²) in [6.45, 7) is 3.84. The van der Waals surface area contributed by atoms with E-state index in [1.165, 1.54) is 0 Å². The smallest absolute Gasteiger partial charge is 0.246 e. The van der Waals surface area contributed by atoms with Gasteiger partial charge in [0.25, 0.3) is 0 Å². The van der Waals surface area contributed by atoms with Crippen LogP contribution in [0.2, 0.25) is 0 Å². The van der Waals surface area contributed by atoms with E-state index in [0.29, 0.717) is 0 Å². The van der Waals surface area contributed by atoms with Crippen molar-refractivity contribution in [2.75, 3.05) is 33.9 Å². The topological polar surface area (TPSA) is 68.8 Å². The summed E-state index contributed by atoms with van der Waals surface area (Å²) in [6, 6.07) is -0.205. The van der Waals surface area contributed by atoms with Gasteiger partial charge in [-0.15, -0.1) is 0 Å². The zero-order valence-corrected chi connectivity index (χ0v) is 11.4. The van der Waals surface area contributed by atoms with Crippen LogP contribution in [0.1, 0.15) is 19.8 Å². The molecule has 1 rings (SSSR count). The third-order valence-electron chi connectivity index (χ3n) is 3.00. The number of hydrogen-bond acceptors (Lipinski definition) is 5. The van der Waals surface area contributed by atoms with Gasteiger partial charge < -0.3 is 24.8 Å². The van der Waals surface area contributed by atoms with Crippen molar-refractivity contribution >= 4 is 5.91 Å². The summed E-state index contributed by atoms with van der Waals surface area (Å²) in [5.74, 6) is -0.139. The molecule has 18 heavy (non-hydrogen) atoms. The number of rotatable bonds is 7. The Morgan fingerprint density at radius 2 is 1.94 bits per heavy atom. The summed E-state index contributed by atoms with van der Waals surface area (Å²) in [5.41, 5.74) is 0. The minimum absolute atomic E-state index is 0.0924. The van der Waals surface area contributed by atoms with Gasteiger partial charge in [-0.05, 0) is 32.9 Å². The summed E-state index contributed by atoms with van der Waals surface area (Å²) in [5, 5.41) is 6.04. The Kier molecular flexibility index (Phi) is 7.19. The maximum Gasteiger partial charge on any atom is 0.246 e. The van der Waals surface area contributed by atoms with Crippen molar-refractivity contribution in [3.63, 3.8) is 0 Å². The van der Waals surface area contributed by atoms with E-state index in [4.69, 9.17) is 14.2 Å². The Morgan fingerprint density at radius 3 is 2.50 bits per heavy atom. The lowest BCUT2D eigenvalue weighted by atomic mass is 10.1. The molecule has 0 aromatic rings. The monoisotopic (exact) mass is 260 g/mol. The summed E-state index contributed by atoms with van der Waals surface area (Å²) < 4.78 is 15.7. The molecule has 6 nitrogen and oxygen atoms in total. The summed E-state index contributed by atoms with van der Waals surface area (Å²) in [6.07, 6.45) is 1.67. The highest BCUT2D eigenvalue weighted by atomic mass is 16.7. The second kappa shape index (κ2) is 8.42. The first-order valence-electron chi connectivity index (χ1n) is 6.34. The molecule has 1 heterocycles. The predicted octanol–water partition coefficient (Wildman–Crippen LogP) is -0.121. The largest absolute Gasteiger partial charge is 0.368 e. The normalized spacial score (nSPS) is 18.9. The van der Waals surface area contributed by atoms with Crippen LogP contribution in [0, 0.1) is 0 Å². The van der Waals surface area contributed by atoms with Gasteiger partial charge in [-0.25, -0.2) is 0 Å². The first-order valence-corrected chi connectivity index (χ1v) is 6.34. The minimum atomic E-state index is -0.437. The van der Waals surface area contributed by atoms with E-state index >= 15 is 0 Å². The van der Waals surface area contributed by atoms with Crippen molar-refractivity contribution < 1.29 is 19.0 Å². The van der Waals surface area contributed by atoms with Crippen molar-refractivity contribution in [3.05, 3.63) is 0 Å². The molecule has 1 aliphatic heterocycles. The van der Waals surface area contributed by atoms with E-state index in [9.17, 15) is 4.79 Å². The molecule has 0 aliphatic carbocycles. The average molecular weight is 260 g/mol. The first-order chi connectivity index (χ1) is 8.67. The van der Waals surface area contributed by atoms with Gasteiger partial charge in [0, 0.05) is 14.2 Å². The van der Waals surface area contributed by atoms with Crippen molar-refractivity contribution in [1.29, 1.82) is 0 Å². The maximum atomic E-state index is 11.7. The summed E-state index contributed by atoms with van der Waals surface area (Å²) >= 11 is 0. The van der Waals surface area contributed by atoms with Crippen molar-refractivity contribution in [2.45, 2.75) is 38.2 Å². The fourth-order valence-corrected chi connectivity index (χ4v) is 2.02. The van der Waals surface area contributed by atoms with Crippen LogP contribution >= 0.6 is 0 Å². The van der Waals surface area contributed by atoms with Crippen molar-refractivity contribution in [1.82, 2.24) is 10.6 Å². The van der Waals surface area contributed by atoms with Gasteiger partial charge in [0.05, 0.1) is 12.1 Å². The molecule has 1 atom stereocenters. The first kappa shape index (κ1) is 15.4. The molecule has 1 unspecified atom stereocenters. The molecule has 1 amide bonds. The van der Waals surface area contributed by atoms with Crippen LogP contribution in [0.3, 0.4) is 0 Å². The molecule has 0 aromatic heterocycles. The molecule has 0 bridgehead atoms. The Morgan fingerprint density at radius 1 is 1.33 bits per heavy atom. The molecule has 2 N–H and O–H groups in total. The molecule has 106 valence electrons. The number of ether oxygens (including phenoxy) is 3. The van der Waals surface area contributed by atoms with Crippen LogP contribution in [0.25, 0.3) is 0 Å². The van der Waals surface area contributed by atoms with Gasteiger partial charge in [0.1, 0.15) is 6.61 Å². The van der Waals surface area contributed by atoms with Gasteiger partial charge in [-0.2, -0.15) is 0 Å². The molecule has 0 saturated carbocycles. The van der Waals surface area contributed by atoms with Crippen LogP contribution in [0.4, 0.5) is 0 Å². The quantitative estimate of drug-likeness (QED) is 0.625. The zero-order chi connectivity index (χ0) is 13.4. The summed E-state index contributed by atoms with van der Waals surface area (Å²) in [4.78, 5) is 11.7. The third kappa shape index (κ3) is 5.30. The Hall–Kier alpha value is -0.690. The van der Waals surface area contributed by atoms with Crippen molar-refractivity contribution in [2.24, 2.45) is 0 Å². The second-order valence-electron chi connectivity index (χ2n) is 4.46. The van der Waals surface area contributed by atoms with Crippen molar-refractivity contribution in [3.8, 4) is 0 Å². The molecule has 1 saturated heterocycles. The number of hydrogen-bond donors (Lipinski definition) is 2. The van der Waals surface area contributed by atoms with Crippen LogP contribution in [-0.4, -0.2) is 58.3 Å². The van der Waals surface area contributed by atoms with E-state index in [0.717, 1.165) is 25.9 Å². The Labute approximate surface area is 108 Å². The number of methoxy groups -OCH3 is 2. The highest BCUT2D eigenvalue weighted by Crippen LogP contribution is 2.06. The molecule has 1 aliphatic rings. The standard InChI is InChI=1S/C12H24N2O4/c1-9(12(16-2)17-3)14-11(15)8-18-10-4-6-13-7-5-10/h9-10,12-13H,4-8H2,1-3H3,(H,14,15). The fraction of sp³-hybridized carbons (Fsp3) is 0.917. The summed E-state index contributed by atoms with van der Waals surface area (Å²) in [7, 11) is 3.09. The number of nitrogens with one attached hydrogen (secondary N) is 2. The van der Waals surface area contributed by atoms with Gasteiger partial charge in [-0.3, -0.25) is 4.79 Å². The highest BCUT2D eigenvalue weighted by molar-refractivity contribution is 5.77. The Bertz CT molecular complexity index is 240. The number of carbonyl (C=O) groups is 1. The van der Waals surface area contributed by atoms with E-state index in [2.05, 4.69) is 10.6 Å². The van der Waals surface area contributed by atoms with E-state index in [-0.39, 0.29) is 24.7 Å². The van der Waals surface area contributed by atoms with Crippen LogP contribution in [-0.2, 0) is 19.0 Å². The third-order valence-corrected chi connectivity index (χ3v) is 3.00. The molecule has 0 aromatic carbocycles. The zero-order valence-electron chi connectivity index (χ0n) is 11.4. The van der Waals surface area contributed by atoms with E-state index < -0.39 is 6.29 Å². The molecule has 1 fully saturated rings. The number of piperidine rings is 1. The minimum Gasteiger partial charge on any atom is -0.368 e. The van der Waals surface area contributed by atoms with E-state index in [1.54, 1.807) is 14.2 Å². The SMILES string of the molecule is COC(OC)C(C)NC(=O)COC1CCNCC1. The van der Waals surface area contributed by atoms with Gasteiger partial charge in [-0.1, -0.05) is 0 Å². The van der Waals surface area contributed by atoms with Crippen LogP contribution in [0.5, 0.6) is 0 Å². The average Bonchev–Trinajstić information content (AvgIpc) is 2.39. The van der Waals surface area contributed by atoms with Crippen LogP contribution < -0.4 is 10.6 Å². The van der Waals surface area contributed by atoms with Gasteiger partial charge >= 0.3 is 0 Å². The Balaban J connectivity index is 2.19. The number of carbonyl (C=O) groups excluding carboxylic acids is 1. The van der Waals surface area contributed by atoms with Gasteiger partial charge in [0.2, 0.25) is 5.91 Å². The molecule has 0 spiro atoms. The lowest BCUT2D eigenvalue weighted by Gasteiger charge is -2.24. The molecular formula is C12H24N2O4. The lowest BCUT2D eigenvalue weighted by molar-refractivity contribution is -0.140.